The Bertz CT molecular complexity index is 529. The first-order chi connectivity index (χ1) is 8.91. The number of halogens is 1. The fraction of sp³-hybridized carbons (Fsp3) is 0.667. The second-order valence-electron chi connectivity index (χ2n) is 5.16. The normalized spacial score (nSPS) is 26.3. The summed E-state index contributed by atoms with van der Waals surface area (Å²) in [4.78, 5) is 0. The highest BCUT2D eigenvalue weighted by molar-refractivity contribution is 7.91. The van der Waals surface area contributed by atoms with Crippen LogP contribution >= 0.6 is 11.6 Å². The molecule has 3 N–H and O–H groups in total. The van der Waals surface area contributed by atoms with Gasteiger partial charge in [0.1, 0.15) is 15.6 Å². The lowest BCUT2D eigenvalue weighted by Crippen LogP contribution is -2.38. The smallest absolute Gasteiger partial charge is 0.193 e. The van der Waals surface area contributed by atoms with Gasteiger partial charge in [0.15, 0.2) is 5.22 Å². The first kappa shape index (κ1) is 14.8. The maximum Gasteiger partial charge on any atom is 0.193 e. The monoisotopic (exact) mass is 306 g/mol. The fourth-order valence-corrected chi connectivity index (χ4v) is 4.16. The van der Waals surface area contributed by atoms with Gasteiger partial charge in [-0.3, -0.25) is 5.84 Å². The Balaban J connectivity index is 2.15. The van der Waals surface area contributed by atoms with E-state index < -0.39 is 9.84 Å². The lowest BCUT2D eigenvalue weighted by atomic mass is 9.83. The van der Waals surface area contributed by atoms with Crippen molar-refractivity contribution >= 4 is 21.4 Å². The van der Waals surface area contributed by atoms with E-state index >= 15 is 0 Å². The van der Waals surface area contributed by atoms with Crippen LogP contribution in [0.15, 0.2) is 16.5 Å². The van der Waals surface area contributed by atoms with Gasteiger partial charge in [-0.2, -0.15) is 0 Å². The molecule has 3 unspecified atom stereocenters. The minimum absolute atomic E-state index is 0.140. The molecular weight excluding hydrogens is 288 g/mol. The zero-order chi connectivity index (χ0) is 14.0. The average molecular weight is 307 g/mol. The lowest BCUT2D eigenvalue weighted by Gasteiger charge is -2.32. The van der Waals surface area contributed by atoms with Crippen molar-refractivity contribution in [1.29, 1.82) is 0 Å². The van der Waals surface area contributed by atoms with Crippen molar-refractivity contribution in [2.75, 3.05) is 6.26 Å². The van der Waals surface area contributed by atoms with E-state index in [1.165, 1.54) is 6.26 Å². The molecule has 1 aliphatic carbocycles. The summed E-state index contributed by atoms with van der Waals surface area (Å²) in [6.45, 7) is 0. The Morgan fingerprint density at radius 3 is 2.74 bits per heavy atom. The molecule has 1 fully saturated rings. The molecule has 1 aromatic rings. The predicted octanol–water partition coefficient (Wildman–Crippen LogP) is 2.04. The van der Waals surface area contributed by atoms with Gasteiger partial charge in [0.25, 0.3) is 0 Å². The SMILES string of the molecule is CS(=O)(=O)C1CCCC(C(NN)c2ccc(Cl)o2)C1. The molecule has 0 aromatic carbocycles. The third-order valence-electron chi connectivity index (χ3n) is 3.82. The zero-order valence-electron chi connectivity index (χ0n) is 10.8. The van der Waals surface area contributed by atoms with Gasteiger partial charge in [-0.25, -0.2) is 13.8 Å². The van der Waals surface area contributed by atoms with Crippen LogP contribution in [0.3, 0.4) is 0 Å². The van der Waals surface area contributed by atoms with Crippen LogP contribution in [0.2, 0.25) is 5.22 Å². The van der Waals surface area contributed by atoms with Gasteiger partial charge in [-0.1, -0.05) is 6.42 Å². The number of nitrogens with two attached hydrogens (primary N) is 1. The number of hydrogen-bond donors (Lipinski definition) is 2. The molecule has 7 heteroatoms. The van der Waals surface area contributed by atoms with Crippen LogP contribution in [0, 0.1) is 5.92 Å². The van der Waals surface area contributed by atoms with Crippen molar-refractivity contribution in [2.24, 2.45) is 11.8 Å². The molecule has 2 rings (SSSR count). The Morgan fingerprint density at radius 2 is 2.21 bits per heavy atom. The molecule has 5 nitrogen and oxygen atoms in total. The van der Waals surface area contributed by atoms with E-state index in [-0.39, 0.29) is 17.2 Å². The van der Waals surface area contributed by atoms with Gasteiger partial charge >= 0.3 is 0 Å². The van der Waals surface area contributed by atoms with Crippen LogP contribution in [-0.4, -0.2) is 19.9 Å². The lowest BCUT2D eigenvalue weighted by molar-refractivity contribution is 0.247. The van der Waals surface area contributed by atoms with E-state index in [0.717, 1.165) is 19.3 Å². The highest BCUT2D eigenvalue weighted by Gasteiger charge is 2.34. The summed E-state index contributed by atoms with van der Waals surface area (Å²) in [6, 6.07) is 3.24. The van der Waals surface area contributed by atoms with Crippen molar-refractivity contribution in [1.82, 2.24) is 5.43 Å². The molecule has 3 atom stereocenters. The van der Waals surface area contributed by atoms with Gasteiger partial charge in [0.05, 0.1) is 11.3 Å². The molecule has 0 aliphatic heterocycles. The minimum atomic E-state index is -3.00. The van der Waals surface area contributed by atoms with Gasteiger partial charge in [-0.15, -0.1) is 0 Å². The molecule has 0 saturated heterocycles. The molecule has 0 spiro atoms. The standard InChI is InChI=1S/C12H19ClN2O3S/c1-19(16,17)9-4-2-3-8(7-9)12(15-14)10-5-6-11(13)18-10/h5-6,8-9,12,15H,2-4,7,14H2,1H3. The van der Waals surface area contributed by atoms with Crippen LogP contribution in [0.25, 0.3) is 0 Å². The Labute approximate surface area is 118 Å². The van der Waals surface area contributed by atoms with Crippen LogP contribution in [0.5, 0.6) is 0 Å². The maximum absolute atomic E-state index is 11.7. The van der Waals surface area contributed by atoms with Crippen molar-refractivity contribution in [2.45, 2.75) is 37.0 Å². The number of hydrogen-bond acceptors (Lipinski definition) is 5. The molecule has 1 heterocycles. The van der Waals surface area contributed by atoms with Crippen molar-refractivity contribution < 1.29 is 12.8 Å². The number of hydrazine groups is 1. The molecule has 19 heavy (non-hydrogen) atoms. The molecule has 1 aromatic heterocycles. The van der Waals surface area contributed by atoms with E-state index in [9.17, 15) is 8.42 Å². The maximum atomic E-state index is 11.7. The summed E-state index contributed by atoms with van der Waals surface area (Å²) in [7, 11) is -3.00. The van der Waals surface area contributed by atoms with Crippen molar-refractivity contribution in [3.8, 4) is 0 Å². The molecule has 0 amide bonds. The van der Waals surface area contributed by atoms with E-state index in [1.807, 2.05) is 0 Å². The first-order valence-electron chi connectivity index (χ1n) is 6.32. The summed E-state index contributed by atoms with van der Waals surface area (Å²) < 4.78 is 28.8. The van der Waals surface area contributed by atoms with Crippen LogP contribution in [-0.2, 0) is 9.84 Å². The van der Waals surface area contributed by atoms with E-state index in [0.29, 0.717) is 17.4 Å². The van der Waals surface area contributed by atoms with Gasteiger partial charge in [0.2, 0.25) is 0 Å². The number of furan rings is 1. The molecule has 1 aliphatic rings. The molecule has 0 bridgehead atoms. The summed E-state index contributed by atoms with van der Waals surface area (Å²) in [6.07, 6.45) is 4.44. The third-order valence-corrected chi connectivity index (χ3v) is 5.67. The number of rotatable bonds is 4. The summed E-state index contributed by atoms with van der Waals surface area (Å²) in [5.74, 6) is 6.40. The highest BCUT2D eigenvalue weighted by Crippen LogP contribution is 2.37. The van der Waals surface area contributed by atoms with E-state index in [4.69, 9.17) is 21.9 Å². The zero-order valence-corrected chi connectivity index (χ0v) is 12.4. The Morgan fingerprint density at radius 1 is 1.47 bits per heavy atom. The van der Waals surface area contributed by atoms with Crippen molar-refractivity contribution in [3.05, 3.63) is 23.1 Å². The first-order valence-corrected chi connectivity index (χ1v) is 8.65. The number of sulfone groups is 1. The van der Waals surface area contributed by atoms with E-state index in [1.54, 1.807) is 12.1 Å². The molecular formula is C12H19ClN2O3S. The summed E-state index contributed by atoms with van der Waals surface area (Å²) >= 11 is 5.77. The highest BCUT2D eigenvalue weighted by atomic mass is 35.5. The summed E-state index contributed by atoms with van der Waals surface area (Å²) in [5.41, 5.74) is 2.73. The minimum Gasteiger partial charge on any atom is -0.448 e. The second kappa shape index (κ2) is 5.83. The quantitative estimate of drug-likeness (QED) is 0.657. The largest absolute Gasteiger partial charge is 0.448 e. The van der Waals surface area contributed by atoms with Crippen LogP contribution in [0.1, 0.15) is 37.5 Å². The Kier molecular flexibility index (Phi) is 4.55. The average Bonchev–Trinajstić information content (AvgIpc) is 2.76. The van der Waals surface area contributed by atoms with Crippen LogP contribution < -0.4 is 11.3 Å². The van der Waals surface area contributed by atoms with Crippen LogP contribution in [0.4, 0.5) is 0 Å². The summed E-state index contributed by atoms with van der Waals surface area (Å²) in [5, 5.41) is 0.0262. The third kappa shape index (κ3) is 3.51. The topological polar surface area (TPSA) is 85.3 Å². The number of nitrogens with one attached hydrogen (secondary N) is 1. The van der Waals surface area contributed by atoms with E-state index in [2.05, 4.69) is 5.43 Å². The van der Waals surface area contributed by atoms with Gasteiger partial charge in [-0.05, 0) is 48.9 Å². The fourth-order valence-electron chi connectivity index (χ4n) is 2.82. The van der Waals surface area contributed by atoms with Gasteiger partial charge in [0, 0.05) is 6.26 Å². The molecule has 108 valence electrons. The second-order valence-corrected chi connectivity index (χ2v) is 7.86. The molecule has 0 radical (unpaired) electrons. The van der Waals surface area contributed by atoms with Crippen molar-refractivity contribution in [3.63, 3.8) is 0 Å². The molecule has 1 saturated carbocycles. The predicted molar refractivity (Wildman–Crippen MR) is 74.4 cm³/mol. The Hall–Kier alpha value is -0.560. The van der Waals surface area contributed by atoms with Gasteiger partial charge < -0.3 is 4.42 Å².